The lowest BCUT2D eigenvalue weighted by Gasteiger charge is -2.09. The van der Waals surface area contributed by atoms with Gasteiger partial charge in [-0.25, -0.2) is 15.0 Å². The molecular formula is C14H12F2N4OS. The molecule has 5 nitrogen and oxygen atoms in total. The molecule has 0 spiro atoms. The molecular weight excluding hydrogens is 310 g/mol. The fraction of sp³-hybridized carbons (Fsp3) is 0.214. The molecule has 0 aliphatic heterocycles. The molecule has 114 valence electrons. The number of anilines is 1. The zero-order valence-electron chi connectivity index (χ0n) is 11.6. The second-order valence-electron chi connectivity index (χ2n) is 4.56. The van der Waals surface area contributed by atoms with E-state index in [1.165, 1.54) is 18.6 Å². The van der Waals surface area contributed by atoms with Crippen LogP contribution in [0.15, 0.2) is 30.0 Å². The summed E-state index contributed by atoms with van der Waals surface area (Å²) in [6.07, 6.45) is 2.93. The molecule has 0 aliphatic carbocycles. The third kappa shape index (κ3) is 3.11. The lowest BCUT2D eigenvalue weighted by atomic mass is 10.2. The number of nitrogens with one attached hydrogen (secondary N) is 1. The molecule has 0 unspecified atom stereocenters. The van der Waals surface area contributed by atoms with Gasteiger partial charge in [-0.2, -0.15) is 8.78 Å². The summed E-state index contributed by atoms with van der Waals surface area (Å²) in [6.45, 7) is -0.469. The number of aryl methyl sites for hydroxylation is 1. The first-order chi connectivity index (χ1) is 10.6. The SMILES string of the molecule is Cc1csc2ncnc(NCc3ccnc(OC(F)F)c3)c12. The van der Waals surface area contributed by atoms with Crippen molar-refractivity contribution in [2.24, 2.45) is 0 Å². The Morgan fingerprint density at radius 2 is 2.18 bits per heavy atom. The first-order valence-electron chi connectivity index (χ1n) is 6.46. The number of hydrogen-bond acceptors (Lipinski definition) is 6. The molecule has 0 atom stereocenters. The number of aromatic nitrogens is 3. The van der Waals surface area contributed by atoms with Crippen LogP contribution < -0.4 is 10.1 Å². The van der Waals surface area contributed by atoms with Crippen LogP contribution in [0.5, 0.6) is 5.88 Å². The molecule has 3 aromatic rings. The van der Waals surface area contributed by atoms with Crippen molar-refractivity contribution in [1.29, 1.82) is 0 Å². The molecule has 3 rings (SSSR count). The van der Waals surface area contributed by atoms with E-state index in [4.69, 9.17) is 0 Å². The predicted octanol–water partition coefficient (Wildman–Crippen LogP) is 3.61. The number of fused-ring (bicyclic) bond motifs is 1. The largest absolute Gasteiger partial charge is 0.417 e. The lowest BCUT2D eigenvalue weighted by Crippen LogP contribution is -2.06. The number of thiophene rings is 1. The molecule has 0 fully saturated rings. The van der Waals surface area contributed by atoms with E-state index in [0.717, 1.165) is 27.2 Å². The minimum absolute atomic E-state index is 0.103. The van der Waals surface area contributed by atoms with Crippen molar-refractivity contribution in [2.75, 3.05) is 5.32 Å². The van der Waals surface area contributed by atoms with Crippen molar-refractivity contribution in [2.45, 2.75) is 20.1 Å². The highest BCUT2D eigenvalue weighted by molar-refractivity contribution is 7.17. The molecule has 1 N–H and O–H groups in total. The third-order valence-corrected chi connectivity index (χ3v) is 4.03. The van der Waals surface area contributed by atoms with Crippen molar-refractivity contribution in [1.82, 2.24) is 15.0 Å². The van der Waals surface area contributed by atoms with Crippen molar-refractivity contribution < 1.29 is 13.5 Å². The average molecular weight is 322 g/mol. The first kappa shape index (κ1) is 14.6. The van der Waals surface area contributed by atoms with Crippen molar-refractivity contribution in [3.63, 3.8) is 0 Å². The summed E-state index contributed by atoms with van der Waals surface area (Å²) in [6, 6.07) is 3.20. The zero-order chi connectivity index (χ0) is 15.5. The van der Waals surface area contributed by atoms with Crippen LogP contribution in [0, 0.1) is 6.92 Å². The zero-order valence-corrected chi connectivity index (χ0v) is 12.4. The van der Waals surface area contributed by atoms with Crippen molar-refractivity contribution in [3.8, 4) is 5.88 Å². The van der Waals surface area contributed by atoms with Crippen LogP contribution in [-0.4, -0.2) is 21.6 Å². The third-order valence-electron chi connectivity index (χ3n) is 3.02. The summed E-state index contributed by atoms with van der Waals surface area (Å²) in [5.41, 5.74) is 1.87. The normalized spacial score (nSPS) is 11.1. The number of alkyl halides is 2. The van der Waals surface area contributed by atoms with Crippen LogP contribution in [0.1, 0.15) is 11.1 Å². The molecule has 0 aliphatic rings. The van der Waals surface area contributed by atoms with E-state index in [1.54, 1.807) is 17.4 Å². The van der Waals surface area contributed by atoms with Gasteiger partial charge in [0.2, 0.25) is 5.88 Å². The fourth-order valence-electron chi connectivity index (χ4n) is 2.05. The Kier molecular flexibility index (Phi) is 4.10. The maximum absolute atomic E-state index is 12.2. The van der Waals surface area contributed by atoms with Gasteiger partial charge in [-0.1, -0.05) is 0 Å². The molecule has 0 aromatic carbocycles. The summed E-state index contributed by atoms with van der Waals surface area (Å²) in [5.74, 6) is 0.616. The summed E-state index contributed by atoms with van der Waals surface area (Å²) in [4.78, 5) is 13.1. The Bertz CT molecular complexity index is 793. The Balaban J connectivity index is 1.78. The number of halogens is 2. The quantitative estimate of drug-likeness (QED) is 0.777. The average Bonchev–Trinajstić information content (AvgIpc) is 2.87. The minimum Gasteiger partial charge on any atom is -0.417 e. The van der Waals surface area contributed by atoms with Gasteiger partial charge in [0, 0.05) is 18.8 Å². The Morgan fingerprint density at radius 3 is 3.00 bits per heavy atom. The van der Waals surface area contributed by atoms with Crippen molar-refractivity contribution >= 4 is 27.4 Å². The number of hydrogen-bond donors (Lipinski definition) is 1. The minimum atomic E-state index is -2.88. The number of rotatable bonds is 5. The highest BCUT2D eigenvalue weighted by Crippen LogP contribution is 2.28. The van der Waals surface area contributed by atoms with Crippen LogP contribution in [0.2, 0.25) is 0 Å². The Morgan fingerprint density at radius 1 is 1.32 bits per heavy atom. The number of nitrogens with zero attached hydrogens (tertiary/aromatic N) is 3. The molecule has 3 heterocycles. The maximum Gasteiger partial charge on any atom is 0.388 e. The van der Waals surface area contributed by atoms with Gasteiger partial charge in [-0.15, -0.1) is 11.3 Å². The molecule has 0 bridgehead atoms. The van der Waals surface area contributed by atoms with Crippen LogP contribution in [0.3, 0.4) is 0 Å². The van der Waals surface area contributed by atoms with E-state index in [9.17, 15) is 8.78 Å². The van der Waals surface area contributed by atoms with E-state index >= 15 is 0 Å². The van der Waals surface area contributed by atoms with Crippen LogP contribution >= 0.6 is 11.3 Å². The number of ether oxygens (including phenoxy) is 1. The topological polar surface area (TPSA) is 59.9 Å². The lowest BCUT2D eigenvalue weighted by molar-refractivity contribution is -0.0528. The van der Waals surface area contributed by atoms with E-state index in [2.05, 4.69) is 25.0 Å². The molecule has 22 heavy (non-hydrogen) atoms. The smallest absolute Gasteiger partial charge is 0.388 e. The van der Waals surface area contributed by atoms with Crippen LogP contribution in [0.25, 0.3) is 10.2 Å². The Hall–Kier alpha value is -2.35. The highest BCUT2D eigenvalue weighted by Gasteiger charge is 2.09. The Labute approximate surface area is 129 Å². The summed E-state index contributed by atoms with van der Waals surface area (Å²) >= 11 is 1.55. The number of pyridine rings is 1. The van der Waals surface area contributed by atoms with Crippen LogP contribution in [0.4, 0.5) is 14.6 Å². The fourth-order valence-corrected chi connectivity index (χ4v) is 2.94. The maximum atomic E-state index is 12.2. The van der Waals surface area contributed by atoms with E-state index < -0.39 is 6.61 Å². The first-order valence-corrected chi connectivity index (χ1v) is 7.34. The van der Waals surface area contributed by atoms with E-state index in [0.29, 0.717) is 6.54 Å². The van der Waals surface area contributed by atoms with Crippen LogP contribution in [-0.2, 0) is 6.54 Å². The van der Waals surface area contributed by atoms with Gasteiger partial charge < -0.3 is 10.1 Å². The van der Waals surface area contributed by atoms with Gasteiger partial charge >= 0.3 is 6.61 Å². The highest BCUT2D eigenvalue weighted by atomic mass is 32.1. The van der Waals surface area contributed by atoms with Gasteiger partial charge in [0.05, 0.1) is 5.39 Å². The molecule has 0 saturated carbocycles. The van der Waals surface area contributed by atoms with Gasteiger partial charge in [-0.3, -0.25) is 0 Å². The molecule has 3 aromatic heterocycles. The van der Waals surface area contributed by atoms with Gasteiger partial charge in [-0.05, 0) is 29.5 Å². The molecule has 0 amide bonds. The standard InChI is InChI=1S/C14H12F2N4OS/c1-8-6-22-13-11(8)12(19-7-20-13)18-5-9-2-3-17-10(4-9)21-14(15)16/h2-4,6-7,14H,5H2,1H3,(H,18,19,20). The predicted molar refractivity (Wildman–Crippen MR) is 80.3 cm³/mol. The molecule has 0 saturated heterocycles. The van der Waals surface area contributed by atoms with E-state index in [-0.39, 0.29) is 5.88 Å². The summed E-state index contributed by atoms with van der Waals surface area (Å²) in [5, 5.41) is 6.19. The van der Waals surface area contributed by atoms with E-state index in [1.807, 2.05) is 12.3 Å². The molecule has 0 radical (unpaired) electrons. The monoisotopic (exact) mass is 322 g/mol. The van der Waals surface area contributed by atoms with Gasteiger partial charge in [0.25, 0.3) is 0 Å². The van der Waals surface area contributed by atoms with Gasteiger partial charge in [0.15, 0.2) is 0 Å². The summed E-state index contributed by atoms with van der Waals surface area (Å²) < 4.78 is 28.7. The molecule has 8 heteroatoms. The van der Waals surface area contributed by atoms with Crippen molar-refractivity contribution in [3.05, 3.63) is 41.2 Å². The summed E-state index contributed by atoms with van der Waals surface area (Å²) in [7, 11) is 0. The van der Waals surface area contributed by atoms with Gasteiger partial charge in [0.1, 0.15) is 17.0 Å². The second kappa shape index (κ2) is 6.18. The second-order valence-corrected chi connectivity index (χ2v) is 5.41.